The Morgan fingerprint density at radius 2 is 1.65 bits per heavy atom. The predicted molar refractivity (Wildman–Crippen MR) is 99.0 cm³/mol. The van der Waals surface area contributed by atoms with Crippen molar-refractivity contribution >= 4 is 17.5 Å². The molecule has 7 heteroatoms. The van der Waals surface area contributed by atoms with Gasteiger partial charge in [0, 0.05) is 45.5 Å². The molecule has 4 rings (SSSR count). The van der Waals surface area contributed by atoms with E-state index in [1.807, 2.05) is 24.4 Å². The molecule has 1 aromatic carbocycles. The summed E-state index contributed by atoms with van der Waals surface area (Å²) in [5, 5.41) is 9.25. The summed E-state index contributed by atoms with van der Waals surface area (Å²) in [4.78, 5) is 15.7. The molecule has 2 fully saturated rings. The molecule has 0 atom stereocenters. The zero-order valence-corrected chi connectivity index (χ0v) is 14.6. The van der Waals surface area contributed by atoms with Crippen LogP contribution in [0.3, 0.4) is 0 Å². The van der Waals surface area contributed by atoms with Gasteiger partial charge in [-0.05, 0) is 31.0 Å². The Morgan fingerprint density at radius 1 is 0.923 bits per heavy atom. The van der Waals surface area contributed by atoms with Crippen molar-refractivity contribution in [3.8, 4) is 6.07 Å². The molecular weight excluding hydrogens is 331 g/mol. The third-order valence-electron chi connectivity index (χ3n) is 5.06. The number of nitriles is 1. The van der Waals surface area contributed by atoms with Gasteiger partial charge in [-0.3, -0.25) is 0 Å². The first kappa shape index (κ1) is 16.6. The van der Waals surface area contributed by atoms with E-state index in [1.165, 1.54) is 18.9 Å². The summed E-state index contributed by atoms with van der Waals surface area (Å²) >= 11 is 0. The predicted octanol–water partition coefficient (Wildman–Crippen LogP) is 2.41. The van der Waals surface area contributed by atoms with Gasteiger partial charge in [0.05, 0.1) is 5.69 Å². The highest BCUT2D eigenvalue weighted by Crippen LogP contribution is 2.25. The van der Waals surface area contributed by atoms with Crippen LogP contribution in [0.5, 0.6) is 0 Å². The number of aromatic nitrogens is 2. The van der Waals surface area contributed by atoms with Crippen LogP contribution in [0.1, 0.15) is 18.4 Å². The van der Waals surface area contributed by atoms with Gasteiger partial charge < -0.3 is 14.7 Å². The van der Waals surface area contributed by atoms with Crippen molar-refractivity contribution in [2.75, 3.05) is 54.0 Å². The highest BCUT2D eigenvalue weighted by molar-refractivity contribution is 5.61. The fourth-order valence-electron chi connectivity index (χ4n) is 3.65. The van der Waals surface area contributed by atoms with Crippen molar-refractivity contribution in [2.45, 2.75) is 12.8 Å². The van der Waals surface area contributed by atoms with E-state index in [9.17, 15) is 9.65 Å². The summed E-state index contributed by atoms with van der Waals surface area (Å²) in [7, 11) is 0. The largest absolute Gasteiger partial charge is 0.367 e. The third-order valence-corrected chi connectivity index (χ3v) is 5.06. The standard InChI is InChI=1S/C19H21FN6/c20-16-4-3-5-17(15(16)14-21)24-10-12-25(13-11-24)18-6-7-22-19(23-18)26-8-1-2-9-26/h3-7H,1-2,8-13H2. The van der Waals surface area contributed by atoms with Gasteiger partial charge in [0.1, 0.15) is 23.3 Å². The molecule has 2 aromatic rings. The van der Waals surface area contributed by atoms with Gasteiger partial charge >= 0.3 is 0 Å². The molecule has 1 aromatic heterocycles. The van der Waals surface area contributed by atoms with Gasteiger partial charge in [-0.25, -0.2) is 9.37 Å². The topological polar surface area (TPSA) is 59.3 Å². The zero-order chi connectivity index (χ0) is 17.9. The summed E-state index contributed by atoms with van der Waals surface area (Å²) < 4.78 is 13.9. The van der Waals surface area contributed by atoms with Crippen LogP contribution >= 0.6 is 0 Å². The Hall–Kier alpha value is -2.88. The van der Waals surface area contributed by atoms with Crippen LogP contribution in [-0.4, -0.2) is 49.2 Å². The Morgan fingerprint density at radius 3 is 2.38 bits per heavy atom. The number of piperazine rings is 1. The Balaban J connectivity index is 1.47. The molecule has 0 N–H and O–H groups in total. The number of anilines is 3. The lowest BCUT2D eigenvalue weighted by Gasteiger charge is -2.37. The minimum Gasteiger partial charge on any atom is -0.367 e. The summed E-state index contributed by atoms with van der Waals surface area (Å²) in [5.41, 5.74) is 0.798. The van der Waals surface area contributed by atoms with Crippen LogP contribution in [-0.2, 0) is 0 Å². The molecule has 2 aliphatic rings. The maximum absolute atomic E-state index is 13.9. The van der Waals surface area contributed by atoms with Crippen LogP contribution in [0.4, 0.5) is 21.8 Å². The van der Waals surface area contributed by atoms with Gasteiger partial charge in [0.25, 0.3) is 0 Å². The van der Waals surface area contributed by atoms with Crippen LogP contribution in [0.15, 0.2) is 30.5 Å². The lowest BCUT2D eigenvalue weighted by atomic mass is 10.1. The summed E-state index contributed by atoms with van der Waals surface area (Å²) in [6.45, 7) is 5.04. The summed E-state index contributed by atoms with van der Waals surface area (Å²) in [6, 6.07) is 8.73. The molecule has 6 nitrogen and oxygen atoms in total. The SMILES string of the molecule is N#Cc1c(F)cccc1N1CCN(c2ccnc(N3CCCC3)n2)CC1. The fraction of sp³-hybridized carbons (Fsp3) is 0.421. The second-order valence-corrected chi connectivity index (χ2v) is 6.63. The smallest absolute Gasteiger partial charge is 0.227 e. The van der Waals surface area contributed by atoms with E-state index in [0.29, 0.717) is 5.69 Å². The highest BCUT2D eigenvalue weighted by Gasteiger charge is 2.22. The second-order valence-electron chi connectivity index (χ2n) is 6.63. The lowest BCUT2D eigenvalue weighted by Crippen LogP contribution is -2.47. The number of hydrogen-bond acceptors (Lipinski definition) is 6. The second kappa shape index (κ2) is 7.16. The van der Waals surface area contributed by atoms with Crippen molar-refractivity contribution in [3.05, 3.63) is 41.8 Å². The Labute approximate surface area is 152 Å². The van der Waals surface area contributed by atoms with Gasteiger partial charge in [0.2, 0.25) is 5.95 Å². The number of benzene rings is 1. The van der Waals surface area contributed by atoms with Crippen molar-refractivity contribution in [1.82, 2.24) is 9.97 Å². The molecule has 0 aliphatic carbocycles. The van der Waals surface area contributed by atoms with Gasteiger partial charge in [-0.2, -0.15) is 10.2 Å². The first-order valence-electron chi connectivity index (χ1n) is 9.03. The third kappa shape index (κ3) is 3.15. The molecule has 26 heavy (non-hydrogen) atoms. The molecule has 0 bridgehead atoms. The summed E-state index contributed by atoms with van der Waals surface area (Å²) in [6.07, 6.45) is 4.21. The van der Waals surface area contributed by atoms with E-state index in [0.717, 1.165) is 51.0 Å². The van der Waals surface area contributed by atoms with Gasteiger partial charge in [-0.15, -0.1) is 0 Å². The molecule has 0 spiro atoms. The van der Waals surface area contributed by atoms with E-state index in [-0.39, 0.29) is 5.56 Å². The molecule has 3 heterocycles. The van der Waals surface area contributed by atoms with Crippen LogP contribution in [0.2, 0.25) is 0 Å². The van der Waals surface area contributed by atoms with E-state index in [2.05, 4.69) is 19.7 Å². The zero-order valence-electron chi connectivity index (χ0n) is 14.6. The van der Waals surface area contributed by atoms with Crippen molar-refractivity contribution in [1.29, 1.82) is 5.26 Å². The molecule has 0 radical (unpaired) electrons. The minimum absolute atomic E-state index is 0.124. The van der Waals surface area contributed by atoms with E-state index in [4.69, 9.17) is 4.98 Å². The molecular formula is C19H21FN6. The van der Waals surface area contributed by atoms with E-state index in [1.54, 1.807) is 6.07 Å². The summed E-state index contributed by atoms with van der Waals surface area (Å²) in [5.74, 6) is 1.28. The molecule has 0 amide bonds. The quantitative estimate of drug-likeness (QED) is 0.845. The van der Waals surface area contributed by atoms with E-state index >= 15 is 0 Å². The van der Waals surface area contributed by atoms with Crippen LogP contribution in [0, 0.1) is 17.1 Å². The maximum Gasteiger partial charge on any atom is 0.227 e. The molecule has 2 aliphatic heterocycles. The molecule has 134 valence electrons. The monoisotopic (exact) mass is 352 g/mol. The first-order valence-corrected chi connectivity index (χ1v) is 9.03. The number of nitrogens with zero attached hydrogens (tertiary/aromatic N) is 6. The lowest BCUT2D eigenvalue weighted by molar-refractivity contribution is 0.615. The molecule has 0 saturated carbocycles. The first-order chi connectivity index (χ1) is 12.8. The number of halogens is 1. The Bertz CT molecular complexity index is 819. The van der Waals surface area contributed by atoms with Crippen LogP contribution in [0.25, 0.3) is 0 Å². The molecule has 2 saturated heterocycles. The van der Waals surface area contributed by atoms with Gasteiger partial charge in [-0.1, -0.05) is 6.07 Å². The van der Waals surface area contributed by atoms with Crippen molar-refractivity contribution in [3.63, 3.8) is 0 Å². The highest BCUT2D eigenvalue weighted by atomic mass is 19.1. The van der Waals surface area contributed by atoms with Crippen LogP contribution < -0.4 is 14.7 Å². The van der Waals surface area contributed by atoms with E-state index < -0.39 is 5.82 Å². The average molecular weight is 352 g/mol. The maximum atomic E-state index is 13.9. The van der Waals surface area contributed by atoms with Gasteiger partial charge in [0.15, 0.2) is 0 Å². The fourth-order valence-corrected chi connectivity index (χ4v) is 3.65. The normalized spacial score (nSPS) is 17.5. The molecule has 0 unspecified atom stereocenters. The number of rotatable bonds is 3. The van der Waals surface area contributed by atoms with Crippen molar-refractivity contribution < 1.29 is 4.39 Å². The Kier molecular flexibility index (Phi) is 4.57. The number of hydrogen-bond donors (Lipinski definition) is 0. The minimum atomic E-state index is -0.460. The average Bonchev–Trinajstić information content (AvgIpc) is 3.23. The van der Waals surface area contributed by atoms with Crippen molar-refractivity contribution in [2.24, 2.45) is 0 Å².